The fourth-order valence-corrected chi connectivity index (χ4v) is 3.80. The molecule has 5 nitrogen and oxygen atoms in total. The number of amides is 1. The molecule has 0 heterocycles. The third-order valence-corrected chi connectivity index (χ3v) is 5.19. The Bertz CT molecular complexity index is 993. The fourth-order valence-electron chi connectivity index (χ4n) is 3.01. The SMILES string of the molecule is CS(=O)(=O)Cc1ccc(C(=O)NN(Cc2ccccc2)Cc2ccccc2)cc1. The summed E-state index contributed by atoms with van der Waals surface area (Å²) in [4.78, 5) is 12.8. The van der Waals surface area contributed by atoms with Crippen LogP contribution in [0.5, 0.6) is 0 Å². The summed E-state index contributed by atoms with van der Waals surface area (Å²) in [5.41, 5.74) is 6.30. The highest BCUT2D eigenvalue weighted by Crippen LogP contribution is 2.11. The molecule has 0 saturated heterocycles. The standard InChI is InChI=1S/C23H24N2O3S/c1-29(27,28)18-21-12-14-22(15-13-21)23(26)24-25(16-19-8-4-2-5-9-19)17-20-10-6-3-7-11-20/h2-15H,16-18H2,1H3,(H,24,26). The predicted octanol–water partition coefficient (Wildman–Crippen LogP) is 3.58. The number of nitrogens with zero attached hydrogens (tertiary/aromatic N) is 1. The summed E-state index contributed by atoms with van der Waals surface area (Å²) >= 11 is 0. The van der Waals surface area contributed by atoms with E-state index < -0.39 is 9.84 Å². The first-order valence-electron chi connectivity index (χ1n) is 9.29. The van der Waals surface area contributed by atoms with Gasteiger partial charge in [-0.25, -0.2) is 13.4 Å². The molecule has 0 aliphatic carbocycles. The van der Waals surface area contributed by atoms with Crippen LogP contribution in [0.4, 0.5) is 0 Å². The maximum Gasteiger partial charge on any atom is 0.265 e. The normalized spacial score (nSPS) is 11.4. The van der Waals surface area contributed by atoms with E-state index in [1.807, 2.05) is 65.7 Å². The van der Waals surface area contributed by atoms with Crippen LogP contribution in [0.25, 0.3) is 0 Å². The molecule has 29 heavy (non-hydrogen) atoms. The van der Waals surface area contributed by atoms with E-state index in [1.165, 1.54) is 6.26 Å². The number of hydrazine groups is 1. The highest BCUT2D eigenvalue weighted by molar-refractivity contribution is 7.89. The highest BCUT2D eigenvalue weighted by atomic mass is 32.2. The average Bonchev–Trinajstić information content (AvgIpc) is 2.69. The van der Waals surface area contributed by atoms with Gasteiger partial charge in [0.2, 0.25) is 0 Å². The Morgan fingerprint density at radius 3 is 1.69 bits per heavy atom. The van der Waals surface area contributed by atoms with Gasteiger partial charge in [0.25, 0.3) is 5.91 Å². The van der Waals surface area contributed by atoms with Crippen LogP contribution < -0.4 is 5.43 Å². The Morgan fingerprint density at radius 2 is 1.24 bits per heavy atom. The van der Waals surface area contributed by atoms with Crippen molar-refractivity contribution in [1.29, 1.82) is 0 Å². The Kier molecular flexibility index (Phi) is 6.80. The van der Waals surface area contributed by atoms with E-state index in [-0.39, 0.29) is 11.7 Å². The van der Waals surface area contributed by atoms with Crippen LogP contribution >= 0.6 is 0 Å². The van der Waals surface area contributed by atoms with Gasteiger partial charge in [-0.2, -0.15) is 0 Å². The molecule has 0 radical (unpaired) electrons. The van der Waals surface area contributed by atoms with Crippen molar-refractivity contribution in [2.75, 3.05) is 6.26 Å². The molecule has 0 fully saturated rings. The van der Waals surface area contributed by atoms with Gasteiger partial charge in [-0.3, -0.25) is 10.2 Å². The lowest BCUT2D eigenvalue weighted by molar-refractivity contribution is 0.0759. The molecule has 0 aliphatic rings. The molecule has 1 N–H and O–H groups in total. The van der Waals surface area contributed by atoms with E-state index in [1.54, 1.807) is 24.3 Å². The average molecular weight is 409 g/mol. The van der Waals surface area contributed by atoms with E-state index >= 15 is 0 Å². The summed E-state index contributed by atoms with van der Waals surface area (Å²) in [5.74, 6) is -0.272. The van der Waals surface area contributed by atoms with Crippen LogP contribution in [-0.4, -0.2) is 25.6 Å². The number of sulfone groups is 1. The van der Waals surface area contributed by atoms with Gasteiger partial charge in [0.05, 0.1) is 5.75 Å². The molecule has 0 atom stereocenters. The molecule has 150 valence electrons. The zero-order chi connectivity index (χ0) is 20.7. The minimum Gasteiger partial charge on any atom is -0.284 e. The van der Waals surface area contributed by atoms with Crippen LogP contribution in [0.15, 0.2) is 84.9 Å². The smallest absolute Gasteiger partial charge is 0.265 e. The Balaban J connectivity index is 1.73. The first-order chi connectivity index (χ1) is 13.9. The van der Waals surface area contributed by atoms with Crippen molar-refractivity contribution in [2.24, 2.45) is 0 Å². The fraction of sp³-hybridized carbons (Fsp3) is 0.174. The van der Waals surface area contributed by atoms with E-state index in [9.17, 15) is 13.2 Å². The van der Waals surface area contributed by atoms with E-state index in [4.69, 9.17) is 0 Å². The Morgan fingerprint density at radius 1 is 0.759 bits per heavy atom. The number of rotatable bonds is 8. The van der Waals surface area contributed by atoms with Crippen molar-refractivity contribution in [3.8, 4) is 0 Å². The molecule has 6 heteroatoms. The summed E-state index contributed by atoms with van der Waals surface area (Å²) in [6.07, 6.45) is 1.19. The zero-order valence-electron chi connectivity index (χ0n) is 16.3. The van der Waals surface area contributed by atoms with Gasteiger partial charge in [-0.05, 0) is 28.8 Å². The van der Waals surface area contributed by atoms with Gasteiger partial charge >= 0.3 is 0 Å². The molecule has 3 aromatic rings. The third kappa shape index (κ3) is 6.85. The summed E-state index contributed by atoms with van der Waals surface area (Å²) in [7, 11) is -3.11. The lowest BCUT2D eigenvalue weighted by Gasteiger charge is -2.23. The van der Waals surface area contributed by atoms with E-state index in [0.29, 0.717) is 24.2 Å². The molecule has 0 saturated carbocycles. The largest absolute Gasteiger partial charge is 0.284 e. The minimum atomic E-state index is -3.11. The molecule has 0 aromatic heterocycles. The monoisotopic (exact) mass is 408 g/mol. The van der Waals surface area contributed by atoms with Crippen molar-refractivity contribution in [2.45, 2.75) is 18.8 Å². The first-order valence-corrected chi connectivity index (χ1v) is 11.4. The van der Waals surface area contributed by atoms with Crippen molar-refractivity contribution in [3.63, 3.8) is 0 Å². The number of benzene rings is 3. The number of nitrogens with one attached hydrogen (secondary N) is 1. The minimum absolute atomic E-state index is 0.0387. The lowest BCUT2D eigenvalue weighted by atomic mass is 10.1. The molecular formula is C23H24N2O3S. The second-order valence-corrected chi connectivity index (χ2v) is 9.18. The van der Waals surface area contributed by atoms with Crippen LogP contribution in [0.1, 0.15) is 27.0 Å². The predicted molar refractivity (Wildman–Crippen MR) is 115 cm³/mol. The number of carbonyl (C=O) groups is 1. The Hall–Kier alpha value is -2.96. The third-order valence-electron chi connectivity index (χ3n) is 4.34. The van der Waals surface area contributed by atoms with Crippen LogP contribution in [0.2, 0.25) is 0 Å². The highest BCUT2D eigenvalue weighted by Gasteiger charge is 2.13. The zero-order valence-corrected chi connectivity index (χ0v) is 17.1. The number of carbonyl (C=O) groups excluding carboxylic acids is 1. The molecule has 1 amide bonds. The molecular weight excluding hydrogens is 384 g/mol. The van der Waals surface area contributed by atoms with Crippen LogP contribution in [0, 0.1) is 0 Å². The summed E-state index contributed by atoms with van der Waals surface area (Å²) in [5, 5.41) is 1.87. The summed E-state index contributed by atoms with van der Waals surface area (Å²) in [6, 6.07) is 26.5. The van der Waals surface area contributed by atoms with Crippen LogP contribution in [-0.2, 0) is 28.7 Å². The lowest BCUT2D eigenvalue weighted by Crippen LogP contribution is -2.41. The second kappa shape index (κ2) is 9.49. The summed E-state index contributed by atoms with van der Waals surface area (Å²) < 4.78 is 22.9. The van der Waals surface area contributed by atoms with Gasteiger partial charge in [0.15, 0.2) is 9.84 Å². The molecule has 3 rings (SSSR count). The van der Waals surface area contributed by atoms with E-state index in [0.717, 1.165) is 11.1 Å². The molecule has 0 aliphatic heterocycles. The Labute approximate surface area is 171 Å². The second-order valence-electron chi connectivity index (χ2n) is 7.04. The van der Waals surface area contributed by atoms with Gasteiger partial charge in [-0.1, -0.05) is 72.8 Å². The van der Waals surface area contributed by atoms with Crippen molar-refractivity contribution in [3.05, 3.63) is 107 Å². The maximum absolute atomic E-state index is 12.8. The van der Waals surface area contributed by atoms with Gasteiger partial charge in [0, 0.05) is 24.9 Å². The van der Waals surface area contributed by atoms with Gasteiger partial charge < -0.3 is 0 Å². The van der Waals surface area contributed by atoms with Crippen LogP contribution in [0.3, 0.4) is 0 Å². The topological polar surface area (TPSA) is 66.5 Å². The van der Waals surface area contributed by atoms with Crippen molar-refractivity contribution < 1.29 is 13.2 Å². The molecule has 0 spiro atoms. The molecule has 0 bridgehead atoms. The van der Waals surface area contributed by atoms with Crippen molar-refractivity contribution in [1.82, 2.24) is 10.4 Å². The van der Waals surface area contributed by atoms with Gasteiger partial charge in [-0.15, -0.1) is 0 Å². The summed E-state index contributed by atoms with van der Waals surface area (Å²) in [6.45, 7) is 1.13. The molecule has 0 unspecified atom stereocenters. The van der Waals surface area contributed by atoms with E-state index in [2.05, 4.69) is 5.43 Å². The van der Waals surface area contributed by atoms with Crippen molar-refractivity contribution >= 4 is 15.7 Å². The first kappa shape index (κ1) is 20.8. The number of hydrogen-bond donors (Lipinski definition) is 1. The molecule has 3 aromatic carbocycles. The van der Waals surface area contributed by atoms with Gasteiger partial charge in [0.1, 0.15) is 0 Å². The number of hydrogen-bond acceptors (Lipinski definition) is 4. The quantitative estimate of drug-likeness (QED) is 0.579. The maximum atomic E-state index is 12.8.